The number of alkyl halides is 3. The molecule has 3 rings (SSSR count). The summed E-state index contributed by atoms with van der Waals surface area (Å²) in [5.41, 5.74) is 7.74. The molecular weight excluding hydrogens is 293 g/mol. The minimum Gasteiger partial charge on any atom is -0.328 e. The Bertz CT molecular complexity index is 664. The van der Waals surface area contributed by atoms with Crippen LogP contribution in [0, 0.1) is 0 Å². The lowest BCUT2D eigenvalue weighted by molar-refractivity contribution is -0.127. The van der Waals surface area contributed by atoms with Crippen molar-refractivity contribution in [3.05, 3.63) is 35.8 Å². The van der Waals surface area contributed by atoms with Crippen LogP contribution in [0.15, 0.2) is 24.5 Å². The molecule has 1 aliphatic heterocycles. The molecule has 22 heavy (non-hydrogen) atoms. The average Bonchev–Trinajstić information content (AvgIpc) is 2.83. The Kier molecular flexibility index (Phi) is 3.86. The van der Waals surface area contributed by atoms with Crippen LogP contribution in [0.4, 0.5) is 13.2 Å². The summed E-state index contributed by atoms with van der Waals surface area (Å²) in [7, 11) is 2.01. The second-order valence-corrected chi connectivity index (χ2v) is 5.98. The smallest absolute Gasteiger partial charge is 0.328 e. The van der Waals surface area contributed by atoms with Gasteiger partial charge >= 0.3 is 6.18 Å². The zero-order valence-corrected chi connectivity index (χ0v) is 12.3. The zero-order chi connectivity index (χ0) is 15.9. The van der Waals surface area contributed by atoms with Gasteiger partial charge in [-0.1, -0.05) is 6.07 Å². The Morgan fingerprint density at radius 2 is 2.18 bits per heavy atom. The van der Waals surface area contributed by atoms with Gasteiger partial charge in [0, 0.05) is 30.0 Å². The van der Waals surface area contributed by atoms with Crippen LogP contribution in [0.2, 0.25) is 0 Å². The van der Waals surface area contributed by atoms with Crippen molar-refractivity contribution in [1.82, 2.24) is 14.3 Å². The molecule has 1 aliphatic rings. The quantitative estimate of drug-likeness (QED) is 0.927. The van der Waals surface area contributed by atoms with E-state index < -0.39 is 12.6 Å². The van der Waals surface area contributed by atoms with Gasteiger partial charge in [0.05, 0.1) is 12.1 Å². The molecule has 2 atom stereocenters. The van der Waals surface area contributed by atoms with Gasteiger partial charge in [0.15, 0.2) is 0 Å². The summed E-state index contributed by atoms with van der Waals surface area (Å²) in [5.74, 6) is 0. The Morgan fingerprint density at radius 1 is 1.41 bits per heavy atom. The summed E-state index contributed by atoms with van der Waals surface area (Å²) in [6, 6.07) is 3.91. The molecule has 0 saturated carbocycles. The molecule has 2 aromatic rings. The van der Waals surface area contributed by atoms with Crippen molar-refractivity contribution in [2.75, 3.05) is 13.6 Å². The highest BCUT2D eigenvalue weighted by molar-refractivity contribution is 5.51. The lowest BCUT2D eigenvalue weighted by Crippen LogP contribution is -2.40. The van der Waals surface area contributed by atoms with Gasteiger partial charge in [-0.3, -0.25) is 4.90 Å². The van der Waals surface area contributed by atoms with Crippen LogP contribution in [0.5, 0.6) is 0 Å². The van der Waals surface area contributed by atoms with Crippen molar-refractivity contribution in [3.8, 4) is 0 Å². The first kappa shape index (κ1) is 15.3. The molecular formula is C15H19F3N4. The van der Waals surface area contributed by atoms with Gasteiger partial charge in [-0.25, -0.2) is 4.98 Å². The number of hydrogen-bond acceptors (Lipinski definition) is 3. The summed E-state index contributed by atoms with van der Waals surface area (Å²) >= 11 is 0. The highest BCUT2D eigenvalue weighted by Crippen LogP contribution is 2.32. The first-order valence-corrected chi connectivity index (χ1v) is 7.32. The van der Waals surface area contributed by atoms with E-state index in [9.17, 15) is 13.2 Å². The molecule has 2 N–H and O–H groups in total. The van der Waals surface area contributed by atoms with E-state index in [-0.39, 0.29) is 17.8 Å². The van der Waals surface area contributed by atoms with E-state index in [0.29, 0.717) is 5.65 Å². The van der Waals surface area contributed by atoms with Crippen LogP contribution in [-0.2, 0) is 6.42 Å². The van der Waals surface area contributed by atoms with Crippen molar-refractivity contribution in [3.63, 3.8) is 0 Å². The normalized spacial score (nSPS) is 24.0. The van der Waals surface area contributed by atoms with Gasteiger partial charge < -0.3 is 10.1 Å². The van der Waals surface area contributed by atoms with Crippen molar-refractivity contribution in [2.45, 2.75) is 37.5 Å². The maximum atomic E-state index is 12.6. The van der Waals surface area contributed by atoms with Crippen LogP contribution in [-0.4, -0.2) is 40.1 Å². The second kappa shape index (κ2) is 5.55. The molecule has 0 spiro atoms. The van der Waals surface area contributed by atoms with E-state index in [4.69, 9.17) is 5.73 Å². The first-order valence-electron chi connectivity index (χ1n) is 7.32. The molecule has 0 aromatic carbocycles. The fourth-order valence-corrected chi connectivity index (χ4v) is 3.15. The SMILES string of the molecule is CN1CCC(N)CC1c1cccn2c(CC(F)(F)F)cnc12. The maximum Gasteiger partial charge on any atom is 0.394 e. The Morgan fingerprint density at radius 3 is 2.91 bits per heavy atom. The zero-order valence-electron chi connectivity index (χ0n) is 12.3. The number of imidazole rings is 1. The molecule has 4 nitrogen and oxygen atoms in total. The minimum atomic E-state index is -4.24. The van der Waals surface area contributed by atoms with Gasteiger partial charge in [0.25, 0.3) is 0 Å². The van der Waals surface area contributed by atoms with Gasteiger partial charge in [-0.05, 0) is 32.5 Å². The van der Waals surface area contributed by atoms with E-state index in [1.54, 1.807) is 12.3 Å². The van der Waals surface area contributed by atoms with Crippen molar-refractivity contribution in [2.24, 2.45) is 5.73 Å². The van der Waals surface area contributed by atoms with E-state index in [1.807, 2.05) is 13.1 Å². The highest BCUT2D eigenvalue weighted by atomic mass is 19.4. The van der Waals surface area contributed by atoms with E-state index in [2.05, 4.69) is 9.88 Å². The standard InChI is InChI=1S/C15H19F3N4/c1-21-6-4-10(19)7-13(21)12-3-2-5-22-11(8-15(16,17)18)9-20-14(12)22/h2-3,5,9-10,13H,4,6-8,19H2,1H3. The number of aromatic nitrogens is 2. The number of hydrogen-bond donors (Lipinski definition) is 1. The van der Waals surface area contributed by atoms with E-state index >= 15 is 0 Å². The Labute approximate surface area is 126 Å². The maximum absolute atomic E-state index is 12.6. The van der Waals surface area contributed by atoms with Crippen LogP contribution >= 0.6 is 0 Å². The third kappa shape index (κ3) is 2.96. The molecule has 1 saturated heterocycles. The van der Waals surface area contributed by atoms with Gasteiger partial charge in [0.2, 0.25) is 0 Å². The lowest BCUT2D eigenvalue weighted by atomic mass is 9.93. The summed E-state index contributed by atoms with van der Waals surface area (Å²) in [6.07, 6.45) is -0.542. The molecule has 0 bridgehead atoms. The summed E-state index contributed by atoms with van der Waals surface area (Å²) in [4.78, 5) is 6.42. The number of pyridine rings is 1. The molecule has 0 aliphatic carbocycles. The number of halogens is 3. The van der Waals surface area contributed by atoms with Crippen LogP contribution in [0.1, 0.15) is 30.1 Å². The van der Waals surface area contributed by atoms with Crippen LogP contribution in [0.25, 0.3) is 5.65 Å². The Balaban J connectivity index is 2.01. The predicted octanol–water partition coefficient (Wildman–Crippen LogP) is 2.53. The number of piperidine rings is 1. The minimum absolute atomic E-state index is 0.0913. The third-order valence-corrected chi connectivity index (χ3v) is 4.29. The number of nitrogens with zero attached hydrogens (tertiary/aromatic N) is 3. The molecule has 120 valence electrons. The van der Waals surface area contributed by atoms with Crippen molar-refractivity contribution < 1.29 is 13.2 Å². The predicted molar refractivity (Wildman–Crippen MR) is 77.5 cm³/mol. The largest absolute Gasteiger partial charge is 0.394 e. The summed E-state index contributed by atoms with van der Waals surface area (Å²) in [5, 5.41) is 0. The van der Waals surface area contributed by atoms with Gasteiger partial charge in [0.1, 0.15) is 5.65 Å². The van der Waals surface area contributed by atoms with Gasteiger partial charge in [-0.15, -0.1) is 0 Å². The number of fused-ring (bicyclic) bond motifs is 1. The van der Waals surface area contributed by atoms with E-state index in [0.717, 1.165) is 24.9 Å². The third-order valence-electron chi connectivity index (χ3n) is 4.29. The van der Waals surface area contributed by atoms with Crippen LogP contribution < -0.4 is 5.73 Å². The molecule has 7 heteroatoms. The molecule has 2 unspecified atom stereocenters. The van der Waals surface area contributed by atoms with E-state index in [1.165, 1.54) is 10.6 Å². The summed E-state index contributed by atoms with van der Waals surface area (Å²) < 4.78 is 39.5. The highest BCUT2D eigenvalue weighted by Gasteiger charge is 2.31. The second-order valence-electron chi connectivity index (χ2n) is 5.98. The van der Waals surface area contributed by atoms with Crippen molar-refractivity contribution >= 4 is 5.65 Å². The first-order chi connectivity index (χ1) is 10.3. The lowest BCUT2D eigenvalue weighted by Gasteiger charge is -2.36. The molecule has 0 radical (unpaired) electrons. The summed E-state index contributed by atoms with van der Waals surface area (Å²) in [6.45, 7) is 0.878. The van der Waals surface area contributed by atoms with Crippen molar-refractivity contribution in [1.29, 1.82) is 0 Å². The van der Waals surface area contributed by atoms with Gasteiger partial charge in [-0.2, -0.15) is 13.2 Å². The topological polar surface area (TPSA) is 46.6 Å². The fraction of sp³-hybridized carbons (Fsp3) is 0.533. The average molecular weight is 312 g/mol. The molecule has 0 amide bonds. The Hall–Kier alpha value is -1.60. The van der Waals surface area contributed by atoms with Crippen LogP contribution in [0.3, 0.4) is 0 Å². The number of rotatable bonds is 2. The molecule has 3 heterocycles. The monoisotopic (exact) mass is 312 g/mol. The molecule has 2 aromatic heterocycles. The number of likely N-dealkylation sites (tertiary alicyclic amines) is 1. The fourth-order valence-electron chi connectivity index (χ4n) is 3.15. The number of nitrogens with two attached hydrogens (primary N) is 1. The molecule has 1 fully saturated rings.